The molecule has 1 aliphatic heterocycles. The molecule has 4 heteroatoms. The monoisotopic (exact) mass is 307 g/mol. The first-order chi connectivity index (χ1) is 11.2. The minimum atomic E-state index is 0.280. The second-order valence-corrected chi connectivity index (χ2v) is 6.37. The summed E-state index contributed by atoms with van der Waals surface area (Å²) < 4.78 is 2.15. The molecule has 1 saturated heterocycles. The van der Waals surface area contributed by atoms with Gasteiger partial charge in [0.25, 0.3) is 0 Å². The Balaban J connectivity index is 1.91. The third-order valence-electron chi connectivity index (χ3n) is 4.81. The maximum absolute atomic E-state index is 10.4. The summed E-state index contributed by atoms with van der Waals surface area (Å²) in [5.41, 5.74) is 4.56. The zero-order valence-corrected chi connectivity index (χ0v) is 13.3. The molecule has 23 heavy (non-hydrogen) atoms. The third-order valence-corrected chi connectivity index (χ3v) is 4.81. The van der Waals surface area contributed by atoms with Crippen LogP contribution in [0.3, 0.4) is 0 Å². The molecular formula is C19H21N3O. The van der Waals surface area contributed by atoms with E-state index in [1.54, 1.807) is 6.20 Å². The van der Waals surface area contributed by atoms with Crippen LogP contribution in [0, 0.1) is 6.92 Å². The summed E-state index contributed by atoms with van der Waals surface area (Å²) in [6, 6.07) is 8.46. The molecule has 0 radical (unpaired) electrons. The maximum Gasteiger partial charge on any atom is 0.143 e. The van der Waals surface area contributed by atoms with Gasteiger partial charge in [-0.05, 0) is 56.5 Å². The Morgan fingerprint density at radius 3 is 2.61 bits per heavy atom. The molecule has 4 nitrogen and oxygen atoms in total. The van der Waals surface area contributed by atoms with Crippen LogP contribution >= 0.6 is 0 Å². The number of rotatable bonds is 2. The van der Waals surface area contributed by atoms with E-state index in [1.807, 2.05) is 6.20 Å². The Morgan fingerprint density at radius 1 is 1.13 bits per heavy atom. The SMILES string of the molecule is Cc1ccc(-n2cc(C3CCNCC3)c3c(O)cncc32)cc1. The van der Waals surface area contributed by atoms with Gasteiger partial charge >= 0.3 is 0 Å². The molecule has 0 atom stereocenters. The Hall–Kier alpha value is -2.33. The number of piperidine rings is 1. The van der Waals surface area contributed by atoms with E-state index in [0.717, 1.165) is 42.5 Å². The number of fused-ring (bicyclic) bond motifs is 1. The molecule has 118 valence electrons. The first-order valence-corrected chi connectivity index (χ1v) is 8.20. The van der Waals surface area contributed by atoms with Crippen molar-refractivity contribution in [2.45, 2.75) is 25.7 Å². The van der Waals surface area contributed by atoms with Crippen molar-refractivity contribution in [3.8, 4) is 11.4 Å². The van der Waals surface area contributed by atoms with Crippen molar-refractivity contribution in [2.75, 3.05) is 13.1 Å². The maximum atomic E-state index is 10.4. The fourth-order valence-corrected chi connectivity index (χ4v) is 3.55. The molecule has 2 N–H and O–H groups in total. The van der Waals surface area contributed by atoms with E-state index in [-0.39, 0.29) is 5.75 Å². The second-order valence-electron chi connectivity index (χ2n) is 6.37. The molecule has 0 bridgehead atoms. The minimum Gasteiger partial charge on any atom is -0.506 e. The highest BCUT2D eigenvalue weighted by atomic mass is 16.3. The van der Waals surface area contributed by atoms with Gasteiger partial charge in [-0.15, -0.1) is 0 Å². The Morgan fingerprint density at radius 2 is 1.87 bits per heavy atom. The van der Waals surface area contributed by atoms with Crippen LogP contribution in [0.4, 0.5) is 0 Å². The smallest absolute Gasteiger partial charge is 0.143 e. The summed E-state index contributed by atoms with van der Waals surface area (Å²) >= 11 is 0. The van der Waals surface area contributed by atoms with Crippen molar-refractivity contribution in [1.82, 2.24) is 14.9 Å². The number of nitrogens with zero attached hydrogens (tertiary/aromatic N) is 2. The van der Waals surface area contributed by atoms with Gasteiger partial charge in [0.2, 0.25) is 0 Å². The first-order valence-electron chi connectivity index (χ1n) is 8.20. The summed E-state index contributed by atoms with van der Waals surface area (Å²) in [6.07, 6.45) is 7.79. The topological polar surface area (TPSA) is 50.1 Å². The number of aromatic nitrogens is 2. The zero-order valence-electron chi connectivity index (χ0n) is 13.3. The van der Waals surface area contributed by atoms with E-state index in [4.69, 9.17) is 0 Å². The van der Waals surface area contributed by atoms with Crippen LogP contribution in [0.5, 0.6) is 5.75 Å². The molecule has 4 rings (SSSR count). The van der Waals surface area contributed by atoms with E-state index >= 15 is 0 Å². The molecule has 1 aliphatic rings. The predicted molar refractivity (Wildman–Crippen MR) is 92.3 cm³/mol. The Bertz CT molecular complexity index is 830. The molecule has 3 heterocycles. The van der Waals surface area contributed by atoms with Crippen LogP contribution in [0.15, 0.2) is 42.9 Å². The van der Waals surface area contributed by atoms with Crippen LogP contribution in [0.25, 0.3) is 16.6 Å². The molecule has 0 unspecified atom stereocenters. The normalized spacial score (nSPS) is 16.0. The van der Waals surface area contributed by atoms with E-state index < -0.39 is 0 Å². The number of hydrogen-bond acceptors (Lipinski definition) is 3. The van der Waals surface area contributed by atoms with E-state index in [1.165, 1.54) is 11.1 Å². The Labute approximate surface area is 135 Å². The lowest BCUT2D eigenvalue weighted by molar-refractivity contribution is 0.457. The number of aromatic hydroxyl groups is 1. The van der Waals surface area contributed by atoms with Crippen molar-refractivity contribution in [1.29, 1.82) is 0 Å². The van der Waals surface area contributed by atoms with E-state index in [0.29, 0.717) is 5.92 Å². The summed E-state index contributed by atoms with van der Waals surface area (Å²) in [5, 5.41) is 14.8. The summed E-state index contributed by atoms with van der Waals surface area (Å²) in [5.74, 6) is 0.764. The fraction of sp³-hybridized carbons (Fsp3) is 0.316. The number of pyridine rings is 1. The van der Waals surface area contributed by atoms with Crippen molar-refractivity contribution in [2.24, 2.45) is 0 Å². The average molecular weight is 307 g/mol. The molecule has 0 saturated carbocycles. The van der Waals surface area contributed by atoms with Crippen LogP contribution in [-0.2, 0) is 0 Å². The highest BCUT2D eigenvalue weighted by Crippen LogP contribution is 2.38. The van der Waals surface area contributed by atoms with Gasteiger partial charge in [0.15, 0.2) is 0 Å². The highest BCUT2D eigenvalue weighted by molar-refractivity contribution is 5.90. The number of hydrogen-bond donors (Lipinski definition) is 2. The lowest BCUT2D eigenvalue weighted by Crippen LogP contribution is -2.26. The molecule has 3 aromatic rings. The van der Waals surface area contributed by atoms with Crippen LogP contribution < -0.4 is 5.32 Å². The van der Waals surface area contributed by atoms with Crippen molar-refractivity contribution >= 4 is 10.9 Å². The molecule has 1 fully saturated rings. The van der Waals surface area contributed by atoms with Gasteiger partial charge in [-0.1, -0.05) is 17.7 Å². The van der Waals surface area contributed by atoms with Crippen molar-refractivity contribution in [3.05, 3.63) is 54.0 Å². The van der Waals surface area contributed by atoms with Crippen molar-refractivity contribution < 1.29 is 5.11 Å². The molecular weight excluding hydrogens is 286 g/mol. The quantitative estimate of drug-likeness (QED) is 0.762. The van der Waals surface area contributed by atoms with Gasteiger partial charge in [0.1, 0.15) is 5.75 Å². The summed E-state index contributed by atoms with van der Waals surface area (Å²) in [4.78, 5) is 4.19. The second kappa shape index (κ2) is 5.70. The summed E-state index contributed by atoms with van der Waals surface area (Å²) in [7, 11) is 0. The number of benzene rings is 1. The Kier molecular flexibility index (Phi) is 3.54. The standard InChI is InChI=1S/C19H21N3O/c1-13-2-4-15(5-3-13)22-12-16(14-6-8-20-9-7-14)19-17(22)10-21-11-18(19)23/h2-5,10-12,14,20,23H,6-9H2,1H3. The number of nitrogens with one attached hydrogen (secondary N) is 1. The zero-order chi connectivity index (χ0) is 15.8. The molecule has 2 aromatic heterocycles. The van der Waals surface area contributed by atoms with Gasteiger partial charge < -0.3 is 15.0 Å². The van der Waals surface area contributed by atoms with Crippen LogP contribution in [-0.4, -0.2) is 27.7 Å². The molecule has 0 spiro atoms. The largest absolute Gasteiger partial charge is 0.506 e. The predicted octanol–water partition coefficient (Wildman–Crippen LogP) is 3.51. The molecule has 0 aliphatic carbocycles. The third kappa shape index (κ3) is 2.49. The minimum absolute atomic E-state index is 0.280. The van der Waals surface area contributed by atoms with E-state index in [9.17, 15) is 5.11 Å². The highest BCUT2D eigenvalue weighted by Gasteiger charge is 2.22. The van der Waals surface area contributed by atoms with Crippen molar-refractivity contribution in [3.63, 3.8) is 0 Å². The number of aryl methyl sites for hydroxylation is 1. The fourth-order valence-electron chi connectivity index (χ4n) is 3.55. The molecule has 0 amide bonds. The average Bonchev–Trinajstić information content (AvgIpc) is 2.97. The first kappa shape index (κ1) is 14.3. The molecule has 1 aromatic carbocycles. The van der Waals surface area contributed by atoms with Gasteiger partial charge in [-0.2, -0.15) is 0 Å². The lowest BCUT2D eigenvalue weighted by Gasteiger charge is -2.22. The van der Waals surface area contributed by atoms with Crippen LogP contribution in [0.2, 0.25) is 0 Å². The van der Waals surface area contributed by atoms with Gasteiger partial charge in [0, 0.05) is 17.3 Å². The van der Waals surface area contributed by atoms with Crippen LogP contribution in [0.1, 0.15) is 29.9 Å². The summed E-state index contributed by atoms with van der Waals surface area (Å²) in [6.45, 7) is 4.16. The lowest BCUT2D eigenvalue weighted by atomic mass is 9.90. The van der Waals surface area contributed by atoms with Gasteiger partial charge in [-0.25, -0.2) is 0 Å². The van der Waals surface area contributed by atoms with Gasteiger partial charge in [0.05, 0.1) is 17.9 Å². The van der Waals surface area contributed by atoms with E-state index in [2.05, 4.69) is 52.3 Å². The van der Waals surface area contributed by atoms with Gasteiger partial charge in [-0.3, -0.25) is 4.98 Å².